The van der Waals surface area contributed by atoms with Crippen LogP contribution in [0.25, 0.3) is 0 Å². The first-order chi connectivity index (χ1) is 27.5. The number of rotatable bonds is 44. The molecule has 0 aromatic rings. The summed E-state index contributed by atoms with van der Waals surface area (Å²) in [5, 5.41) is 0. The molecule has 1 unspecified atom stereocenters. The number of hydrogen-bond acceptors (Lipinski definition) is 6. The van der Waals surface area contributed by atoms with E-state index < -0.39 is 6.10 Å². The predicted octanol–water partition coefficient (Wildman–Crippen LogP) is 15.6. The molecule has 0 bridgehead atoms. The van der Waals surface area contributed by atoms with Gasteiger partial charge in [-0.3, -0.25) is 14.4 Å². The molecule has 0 aliphatic rings. The Labute approximate surface area is 347 Å². The Balaban J connectivity index is 4.33. The van der Waals surface area contributed by atoms with Gasteiger partial charge in [-0.25, -0.2) is 0 Å². The van der Waals surface area contributed by atoms with Crippen LogP contribution in [-0.2, 0) is 28.6 Å². The highest BCUT2D eigenvalue weighted by molar-refractivity contribution is 5.71. The Hall–Kier alpha value is -2.11. The molecule has 0 aromatic carbocycles. The van der Waals surface area contributed by atoms with Crippen molar-refractivity contribution in [3.05, 3.63) is 24.3 Å². The number of carbonyl (C=O) groups excluding carboxylic acids is 3. The van der Waals surface area contributed by atoms with Crippen LogP contribution in [0.5, 0.6) is 0 Å². The first-order valence-corrected chi connectivity index (χ1v) is 24.3. The molecule has 6 heteroatoms. The van der Waals surface area contributed by atoms with E-state index in [1.54, 1.807) is 0 Å². The summed E-state index contributed by atoms with van der Waals surface area (Å²) in [4.78, 5) is 37.7. The zero-order chi connectivity index (χ0) is 40.8. The Bertz CT molecular complexity index is 911. The molecule has 6 nitrogen and oxygen atoms in total. The highest BCUT2D eigenvalue weighted by atomic mass is 16.6. The van der Waals surface area contributed by atoms with E-state index in [-0.39, 0.29) is 31.1 Å². The molecule has 328 valence electrons. The highest BCUT2D eigenvalue weighted by Crippen LogP contribution is 2.15. The van der Waals surface area contributed by atoms with Gasteiger partial charge in [0.25, 0.3) is 0 Å². The SMILES string of the molecule is CCCCCC/C=C\CCCC(=O)OCC(COC(=O)CCCCCCCCCCCCCCCCCC)OC(=O)CCCCC/C=C\CCCCCCCC. The van der Waals surface area contributed by atoms with Gasteiger partial charge >= 0.3 is 17.9 Å². The van der Waals surface area contributed by atoms with E-state index in [0.29, 0.717) is 19.3 Å². The Kier molecular flexibility index (Phi) is 43.9. The average Bonchev–Trinajstić information content (AvgIpc) is 3.19. The van der Waals surface area contributed by atoms with Crippen LogP contribution in [0.2, 0.25) is 0 Å². The molecule has 0 radical (unpaired) electrons. The molecule has 0 saturated carbocycles. The third-order valence-corrected chi connectivity index (χ3v) is 10.7. The van der Waals surface area contributed by atoms with Crippen LogP contribution in [-0.4, -0.2) is 37.2 Å². The van der Waals surface area contributed by atoms with Gasteiger partial charge in [-0.15, -0.1) is 0 Å². The van der Waals surface area contributed by atoms with Crippen LogP contribution in [0.4, 0.5) is 0 Å². The van der Waals surface area contributed by atoms with E-state index in [9.17, 15) is 14.4 Å². The minimum absolute atomic E-state index is 0.0825. The van der Waals surface area contributed by atoms with E-state index >= 15 is 0 Å². The molecule has 0 fully saturated rings. The largest absolute Gasteiger partial charge is 0.462 e. The van der Waals surface area contributed by atoms with Crippen molar-refractivity contribution in [1.29, 1.82) is 0 Å². The summed E-state index contributed by atoms with van der Waals surface area (Å²) >= 11 is 0. The smallest absolute Gasteiger partial charge is 0.306 e. The molecule has 0 aromatic heterocycles. The van der Waals surface area contributed by atoms with Crippen LogP contribution >= 0.6 is 0 Å². The second-order valence-corrected chi connectivity index (χ2v) is 16.4. The summed E-state index contributed by atoms with van der Waals surface area (Å²) in [6, 6.07) is 0. The predicted molar refractivity (Wildman–Crippen MR) is 238 cm³/mol. The molecular formula is C50H92O6. The molecule has 56 heavy (non-hydrogen) atoms. The van der Waals surface area contributed by atoms with Crippen LogP contribution in [0.15, 0.2) is 24.3 Å². The third kappa shape index (κ3) is 43.0. The lowest BCUT2D eigenvalue weighted by Crippen LogP contribution is -2.30. The van der Waals surface area contributed by atoms with Gasteiger partial charge in [-0.2, -0.15) is 0 Å². The Morgan fingerprint density at radius 2 is 0.607 bits per heavy atom. The highest BCUT2D eigenvalue weighted by Gasteiger charge is 2.19. The quantitative estimate of drug-likeness (QED) is 0.0265. The molecule has 0 saturated heterocycles. The van der Waals surface area contributed by atoms with Crippen molar-refractivity contribution in [2.75, 3.05) is 13.2 Å². The maximum absolute atomic E-state index is 12.7. The molecule has 0 N–H and O–H groups in total. The van der Waals surface area contributed by atoms with Crippen LogP contribution in [0, 0.1) is 0 Å². The lowest BCUT2D eigenvalue weighted by molar-refractivity contribution is -0.167. The van der Waals surface area contributed by atoms with E-state index in [4.69, 9.17) is 14.2 Å². The number of allylic oxidation sites excluding steroid dienone is 4. The number of carbonyl (C=O) groups is 3. The summed E-state index contributed by atoms with van der Waals surface area (Å²) in [6.07, 6.45) is 50.3. The molecule has 1 atom stereocenters. The van der Waals surface area contributed by atoms with Gasteiger partial charge in [0.15, 0.2) is 6.10 Å². The monoisotopic (exact) mass is 789 g/mol. The van der Waals surface area contributed by atoms with E-state index in [2.05, 4.69) is 45.1 Å². The first kappa shape index (κ1) is 53.9. The zero-order valence-electron chi connectivity index (χ0n) is 37.4. The van der Waals surface area contributed by atoms with Crippen LogP contribution in [0.3, 0.4) is 0 Å². The molecule has 0 rings (SSSR count). The minimum Gasteiger partial charge on any atom is -0.462 e. The van der Waals surface area contributed by atoms with Gasteiger partial charge in [-0.05, 0) is 64.2 Å². The van der Waals surface area contributed by atoms with Crippen molar-refractivity contribution in [2.24, 2.45) is 0 Å². The van der Waals surface area contributed by atoms with Gasteiger partial charge < -0.3 is 14.2 Å². The van der Waals surface area contributed by atoms with Gasteiger partial charge in [0.05, 0.1) is 0 Å². The fourth-order valence-electron chi connectivity index (χ4n) is 6.97. The van der Waals surface area contributed by atoms with Gasteiger partial charge in [0, 0.05) is 19.3 Å². The Morgan fingerprint density at radius 3 is 1.00 bits per heavy atom. The van der Waals surface area contributed by atoms with Crippen molar-refractivity contribution in [1.82, 2.24) is 0 Å². The average molecular weight is 789 g/mol. The Morgan fingerprint density at radius 1 is 0.339 bits per heavy atom. The first-order valence-electron chi connectivity index (χ1n) is 24.3. The van der Waals surface area contributed by atoms with Crippen molar-refractivity contribution >= 4 is 17.9 Å². The summed E-state index contributed by atoms with van der Waals surface area (Å²) in [5.74, 6) is -0.928. The van der Waals surface area contributed by atoms with Crippen molar-refractivity contribution in [3.8, 4) is 0 Å². The van der Waals surface area contributed by atoms with Gasteiger partial charge in [0.1, 0.15) is 13.2 Å². The summed E-state index contributed by atoms with van der Waals surface area (Å²) in [5.41, 5.74) is 0. The zero-order valence-corrected chi connectivity index (χ0v) is 37.4. The van der Waals surface area contributed by atoms with Crippen molar-refractivity contribution in [2.45, 2.75) is 264 Å². The van der Waals surface area contributed by atoms with Gasteiger partial charge in [-0.1, -0.05) is 199 Å². The van der Waals surface area contributed by atoms with E-state index in [0.717, 1.165) is 70.6 Å². The van der Waals surface area contributed by atoms with Crippen LogP contribution < -0.4 is 0 Å². The minimum atomic E-state index is -0.783. The fourth-order valence-corrected chi connectivity index (χ4v) is 6.97. The molecule has 0 spiro atoms. The summed E-state index contributed by atoms with van der Waals surface area (Å²) < 4.78 is 16.7. The van der Waals surface area contributed by atoms with Crippen molar-refractivity contribution in [3.63, 3.8) is 0 Å². The fraction of sp³-hybridized carbons (Fsp3) is 0.860. The molecule has 0 aliphatic heterocycles. The summed E-state index contributed by atoms with van der Waals surface area (Å²) in [6.45, 7) is 6.57. The lowest BCUT2D eigenvalue weighted by atomic mass is 10.0. The van der Waals surface area contributed by atoms with E-state index in [1.165, 1.54) is 148 Å². The molecule has 0 aliphatic carbocycles. The second-order valence-electron chi connectivity index (χ2n) is 16.4. The number of unbranched alkanes of at least 4 members (excludes halogenated alkanes) is 29. The van der Waals surface area contributed by atoms with E-state index in [1.807, 2.05) is 0 Å². The normalized spacial score (nSPS) is 12.1. The second kappa shape index (κ2) is 45.6. The number of hydrogen-bond donors (Lipinski definition) is 0. The molecular weight excluding hydrogens is 697 g/mol. The molecule has 0 amide bonds. The maximum atomic E-state index is 12.7. The van der Waals surface area contributed by atoms with Crippen LogP contribution in [0.1, 0.15) is 258 Å². The van der Waals surface area contributed by atoms with Gasteiger partial charge in [0.2, 0.25) is 0 Å². The number of esters is 3. The topological polar surface area (TPSA) is 78.9 Å². The lowest BCUT2D eigenvalue weighted by Gasteiger charge is -2.18. The molecule has 0 heterocycles. The summed E-state index contributed by atoms with van der Waals surface area (Å²) in [7, 11) is 0. The van der Waals surface area contributed by atoms with Crippen molar-refractivity contribution < 1.29 is 28.6 Å². The number of ether oxygens (including phenoxy) is 3. The maximum Gasteiger partial charge on any atom is 0.306 e. The standard InChI is InChI=1S/C50H92O6/c1-4-7-10-13-16-19-21-23-24-25-27-28-31-34-37-40-43-49(52)55-46-47(45-54-48(51)42-39-36-33-30-18-15-12-9-6-3)56-50(53)44-41-38-35-32-29-26-22-20-17-14-11-8-5-2/h26,29-30,33,47H,4-25,27-28,31-32,34-46H2,1-3H3/b29-26-,33-30-. The third-order valence-electron chi connectivity index (χ3n) is 10.7.